The normalized spacial score (nSPS) is 9.88. The number of hydrogen-bond donors (Lipinski definition) is 2. The Bertz CT molecular complexity index is 736. The molecule has 124 valence electrons. The molecule has 4 nitrogen and oxygen atoms in total. The average Bonchev–Trinajstić information content (AvgIpc) is 2.57. The van der Waals surface area contributed by atoms with Crippen molar-refractivity contribution >= 4 is 11.7 Å². The topological polar surface area (TPSA) is 50.4 Å². The number of carbonyl (C=O) groups is 1. The highest BCUT2D eigenvalue weighted by atomic mass is 19.1. The van der Waals surface area contributed by atoms with Crippen LogP contribution in [0.25, 0.3) is 0 Å². The maximum Gasteiger partial charge on any atom is 0.319 e. The summed E-state index contributed by atoms with van der Waals surface area (Å²) in [4.78, 5) is 11.8. The van der Waals surface area contributed by atoms with Gasteiger partial charge in [-0.3, -0.25) is 0 Å². The molecular formula is C19H19FN2O2. The molecule has 2 aromatic carbocycles. The first-order chi connectivity index (χ1) is 11.6. The van der Waals surface area contributed by atoms with Crippen molar-refractivity contribution in [1.82, 2.24) is 5.32 Å². The SMILES string of the molecule is C#CCOc1ccc(CCNC(=O)Nc2cc(C)ccc2F)cc1. The smallest absolute Gasteiger partial charge is 0.319 e. The van der Waals surface area contributed by atoms with Gasteiger partial charge in [0.1, 0.15) is 18.2 Å². The minimum absolute atomic E-state index is 0.169. The van der Waals surface area contributed by atoms with E-state index in [-0.39, 0.29) is 12.3 Å². The van der Waals surface area contributed by atoms with Gasteiger partial charge in [0.2, 0.25) is 0 Å². The van der Waals surface area contributed by atoms with E-state index in [4.69, 9.17) is 11.2 Å². The van der Waals surface area contributed by atoms with Crippen LogP contribution in [-0.4, -0.2) is 19.2 Å². The Hall–Kier alpha value is -3.00. The van der Waals surface area contributed by atoms with Gasteiger partial charge in [-0.25, -0.2) is 9.18 Å². The summed E-state index contributed by atoms with van der Waals surface area (Å²) in [7, 11) is 0. The second kappa shape index (κ2) is 8.59. The van der Waals surface area contributed by atoms with Gasteiger partial charge in [0.15, 0.2) is 0 Å². The molecule has 0 fully saturated rings. The number of nitrogens with one attached hydrogen (secondary N) is 2. The number of hydrogen-bond acceptors (Lipinski definition) is 2. The molecule has 2 aromatic rings. The molecular weight excluding hydrogens is 307 g/mol. The van der Waals surface area contributed by atoms with Crippen molar-refractivity contribution in [3.05, 3.63) is 59.4 Å². The number of halogens is 1. The average molecular weight is 326 g/mol. The van der Waals surface area contributed by atoms with Crippen molar-refractivity contribution in [3.8, 4) is 18.1 Å². The highest BCUT2D eigenvalue weighted by molar-refractivity contribution is 5.89. The third kappa shape index (κ3) is 5.33. The van der Waals surface area contributed by atoms with Crippen molar-refractivity contribution in [2.24, 2.45) is 0 Å². The summed E-state index contributed by atoms with van der Waals surface area (Å²) in [5, 5.41) is 5.21. The molecule has 0 unspecified atom stereocenters. The molecule has 2 rings (SSSR count). The predicted octanol–water partition coefficient (Wildman–Crippen LogP) is 3.51. The summed E-state index contributed by atoms with van der Waals surface area (Å²) >= 11 is 0. The maximum absolute atomic E-state index is 13.6. The zero-order valence-corrected chi connectivity index (χ0v) is 13.4. The van der Waals surface area contributed by atoms with Crippen molar-refractivity contribution in [1.29, 1.82) is 0 Å². The first-order valence-electron chi connectivity index (χ1n) is 7.54. The van der Waals surface area contributed by atoms with Gasteiger partial charge < -0.3 is 15.4 Å². The van der Waals surface area contributed by atoms with E-state index in [1.165, 1.54) is 6.07 Å². The molecule has 0 saturated heterocycles. The van der Waals surface area contributed by atoms with E-state index in [1.54, 1.807) is 12.1 Å². The Labute approximate surface area is 141 Å². The molecule has 0 heterocycles. The van der Waals surface area contributed by atoms with E-state index in [2.05, 4.69) is 16.6 Å². The number of ether oxygens (including phenoxy) is 1. The van der Waals surface area contributed by atoms with Gasteiger partial charge in [-0.05, 0) is 48.7 Å². The Kier molecular flexibility index (Phi) is 6.21. The molecule has 0 radical (unpaired) electrons. The number of urea groups is 1. The number of terminal acetylenes is 1. The number of carbonyl (C=O) groups excluding carboxylic acids is 1. The van der Waals surface area contributed by atoms with Gasteiger partial charge in [-0.1, -0.05) is 24.1 Å². The molecule has 0 atom stereocenters. The van der Waals surface area contributed by atoms with Gasteiger partial charge in [0, 0.05) is 6.54 Å². The lowest BCUT2D eigenvalue weighted by Crippen LogP contribution is -2.30. The van der Waals surface area contributed by atoms with Crippen LogP contribution in [0.2, 0.25) is 0 Å². The van der Waals surface area contributed by atoms with Crippen LogP contribution >= 0.6 is 0 Å². The van der Waals surface area contributed by atoms with Gasteiger partial charge in [0.05, 0.1) is 5.69 Å². The standard InChI is InChI=1S/C19H19FN2O2/c1-3-12-24-16-7-5-15(6-8-16)10-11-21-19(23)22-18-13-14(2)4-9-17(18)20/h1,4-9,13H,10-12H2,2H3,(H2,21,22,23). The van der Waals surface area contributed by atoms with Crippen molar-refractivity contribution in [3.63, 3.8) is 0 Å². The number of amides is 2. The Morgan fingerprint density at radius 3 is 2.71 bits per heavy atom. The minimum atomic E-state index is -0.460. The fourth-order valence-electron chi connectivity index (χ4n) is 2.10. The Morgan fingerprint density at radius 2 is 2.00 bits per heavy atom. The molecule has 0 spiro atoms. The third-order valence-corrected chi connectivity index (χ3v) is 3.31. The highest BCUT2D eigenvalue weighted by Gasteiger charge is 2.06. The maximum atomic E-state index is 13.6. The molecule has 0 saturated carbocycles. The lowest BCUT2D eigenvalue weighted by molar-refractivity contribution is 0.252. The summed E-state index contributed by atoms with van der Waals surface area (Å²) in [6.07, 6.45) is 5.78. The van der Waals surface area contributed by atoms with Crippen molar-refractivity contribution < 1.29 is 13.9 Å². The van der Waals surface area contributed by atoms with Crippen LogP contribution in [0, 0.1) is 25.1 Å². The lowest BCUT2D eigenvalue weighted by Gasteiger charge is -2.09. The molecule has 0 bridgehead atoms. The monoisotopic (exact) mass is 326 g/mol. The molecule has 0 aliphatic heterocycles. The summed E-state index contributed by atoms with van der Waals surface area (Å²) in [5.41, 5.74) is 2.09. The van der Waals surface area contributed by atoms with E-state index in [0.717, 1.165) is 11.1 Å². The first-order valence-corrected chi connectivity index (χ1v) is 7.54. The fourth-order valence-corrected chi connectivity index (χ4v) is 2.10. The van der Waals surface area contributed by atoms with Crippen LogP contribution in [0.3, 0.4) is 0 Å². The van der Waals surface area contributed by atoms with E-state index >= 15 is 0 Å². The minimum Gasteiger partial charge on any atom is -0.481 e. The lowest BCUT2D eigenvalue weighted by atomic mass is 10.1. The zero-order valence-electron chi connectivity index (χ0n) is 13.4. The van der Waals surface area contributed by atoms with Gasteiger partial charge >= 0.3 is 6.03 Å². The molecule has 5 heteroatoms. The van der Waals surface area contributed by atoms with Crippen molar-refractivity contribution in [2.45, 2.75) is 13.3 Å². The number of aryl methyl sites for hydroxylation is 1. The molecule has 0 aliphatic carbocycles. The predicted molar refractivity (Wildman–Crippen MR) is 92.6 cm³/mol. The zero-order chi connectivity index (χ0) is 17.4. The highest BCUT2D eigenvalue weighted by Crippen LogP contribution is 2.15. The summed E-state index contributed by atoms with van der Waals surface area (Å²) in [6, 6.07) is 11.6. The molecule has 2 amide bonds. The Morgan fingerprint density at radius 1 is 1.25 bits per heavy atom. The summed E-state index contributed by atoms with van der Waals surface area (Å²) in [6.45, 7) is 2.50. The summed E-state index contributed by atoms with van der Waals surface area (Å²) < 4.78 is 18.9. The Balaban J connectivity index is 1.78. The van der Waals surface area contributed by atoms with Gasteiger partial charge in [-0.2, -0.15) is 0 Å². The second-order valence-electron chi connectivity index (χ2n) is 5.25. The summed E-state index contributed by atoms with van der Waals surface area (Å²) in [5.74, 6) is 2.65. The van der Waals surface area contributed by atoms with E-state index < -0.39 is 11.8 Å². The molecule has 2 N–H and O–H groups in total. The van der Waals surface area contributed by atoms with E-state index in [9.17, 15) is 9.18 Å². The third-order valence-electron chi connectivity index (χ3n) is 3.31. The van der Waals surface area contributed by atoms with E-state index in [1.807, 2.05) is 31.2 Å². The van der Waals surface area contributed by atoms with Crippen LogP contribution < -0.4 is 15.4 Å². The van der Waals surface area contributed by atoms with Crippen LogP contribution in [0.1, 0.15) is 11.1 Å². The van der Waals surface area contributed by atoms with Gasteiger partial charge in [0.25, 0.3) is 0 Å². The quantitative estimate of drug-likeness (QED) is 0.798. The molecule has 0 aliphatic rings. The van der Waals surface area contributed by atoms with Crippen LogP contribution in [0.5, 0.6) is 5.75 Å². The molecule has 24 heavy (non-hydrogen) atoms. The van der Waals surface area contributed by atoms with Crippen LogP contribution in [0.15, 0.2) is 42.5 Å². The van der Waals surface area contributed by atoms with Gasteiger partial charge in [-0.15, -0.1) is 6.42 Å². The number of benzene rings is 2. The van der Waals surface area contributed by atoms with E-state index in [0.29, 0.717) is 18.7 Å². The fraction of sp³-hybridized carbons (Fsp3) is 0.211. The first kappa shape index (κ1) is 17.4. The largest absolute Gasteiger partial charge is 0.481 e. The van der Waals surface area contributed by atoms with Crippen molar-refractivity contribution in [2.75, 3.05) is 18.5 Å². The second-order valence-corrected chi connectivity index (χ2v) is 5.25. The number of rotatable bonds is 6. The molecule has 0 aromatic heterocycles. The van der Waals surface area contributed by atoms with Crippen LogP contribution in [-0.2, 0) is 6.42 Å². The number of anilines is 1. The van der Waals surface area contributed by atoms with Crippen LogP contribution in [0.4, 0.5) is 14.9 Å².